The first kappa shape index (κ1) is 21.8. The minimum Gasteiger partial charge on any atom is -0.507 e. The van der Waals surface area contributed by atoms with Crippen LogP contribution in [0.15, 0.2) is 48.0 Å². The molecule has 7 nitrogen and oxygen atoms in total. The highest BCUT2D eigenvalue weighted by Gasteiger charge is 2.46. The Labute approximate surface area is 197 Å². The molecule has 0 aromatic heterocycles. The number of ketones is 1. The molecular weight excluding hydrogens is 444 g/mol. The molecule has 2 fully saturated rings. The monoisotopic (exact) mass is 468 g/mol. The maximum Gasteiger partial charge on any atom is 0.295 e. The summed E-state index contributed by atoms with van der Waals surface area (Å²) in [4.78, 5) is 30.1. The number of carbonyl (C=O) groups excluding carboxylic acids is 2. The van der Waals surface area contributed by atoms with Gasteiger partial charge in [-0.05, 0) is 61.8 Å². The normalized spacial score (nSPS) is 22.2. The van der Waals surface area contributed by atoms with E-state index in [1.807, 2.05) is 0 Å². The van der Waals surface area contributed by atoms with E-state index in [1.165, 1.54) is 0 Å². The fourth-order valence-corrected chi connectivity index (χ4v) is 4.83. The zero-order valence-electron chi connectivity index (χ0n) is 18.1. The highest BCUT2D eigenvalue weighted by Crippen LogP contribution is 2.41. The minimum atomic E-state index is -0.696. The number of hydrogen-bond acceptors (Lipinski definition) is 6. The van der Waals surface area contributed by atoms with Crippen molar-refractivity contribution in [2.24, 2.45) is 0 Å². The minimum absolute atomic E-state index is 0.0698. The van der Waals surface area contributed by atoms with Crippen LogP contribution < -0.4 is 9.47 Å². The van der Waals surface area contributed by atoms with E-state index in [1.54, 1.807) is 47.4 Å². The molecule has 1 N–H and O–H groups in total. The smallest absolute Gasteiger partial charge is 0.295 e. The number of hydrogen-bond donors (Lipinski definition) is 1. The Bertz CT molecular complexity index is 1110. The number of aliphatic hydroxyl groups is 1. The van der Waals surface area contributed by atoms with E-state index in [9.17, 15) is 14.7 Å². The Morgan fingerprint density at radius 3 is 2.39 bits per heavy atom. The summed E-state index contributed by atoms with van der Waals surface area (Å²) in [5.41, 5.74) is 1.19. The molecule has 0 radical (unpaired) electrons. The number of aliphatic hydroxyl groups excluding tert-OH is 1. The number of benzene rings is 2. The molecule has 1 unspecified atom stereocenters. The van der Waals surface area contributed by atoms with Gasteiger partial charge in [0.15, 0.2) is 11.5 Å². The molecule has 0 aliphatic carbocycles. The lowest BCUT2D eigenvalue weighted by molar-refractivity contribution is -0.140. The molecule has 3 aliphatic heterocycles. The number of Topliss-reactive ketones (excluding diaryl/α,β-unsaturated/α-hetero) is 1. The second-order valence-corrected chi connectivity index (χ2v) is 8.89. The largest absolute Gasteiger partial charge is 0.507 e. The van der Waals surface area contributed by atoms with Gasteiger partial charge in [-0.25, -0.2) is 0 Å². The fraction of sp³-hybridized carbons (Fsp3) is 0.360. The van der Waals surface area contributed by atoms with Crippen molar-refractivity contribution in [2.45, 2.75) is 18.9 Å². The zero-order valence-corrected chi connectivity index (χ0v) is 18.9. The predicted octanol–water partition coefficient (Wildman–Crippen LogP) is 3.63. The number of amides is 1. The van der Waals surface area contributed by atoms with Gasteiger partial charge in [-0.2, -0.15) is 0 Å². The van der Waals surface area contributed by atoms with Crippen LogP contribution in [0.4, 0.5) is 0 Å². The third-order valence-electron chi connectivity index (χ3n) is 6.40. The summed E-state index contributed by atoms with van der Waals surface area (Å²) in [5, 5.41) is 11.8. The van der Waals surface area contributed by atoms with Crippen molar-refractivity contribution in [1.82, 2.24) is 9.80 Å². The predicted molar refractivity (Wildman–Crippen MR) is 124 cm³/mol. The van der Waals surface area contributed by atoms with E-state index in [-0.39, 0.29) is 11.3 Å². The molecule has 3 heterocycles. The summed E-state index contributed by atoms with van der Waals surface area (Å²) in [6.45, 7) is 3.93. The van der Waals surface area contributed by atoms with Crippen molar-refractivity contribution in [3.05, 3.63) is 64.2 Å². The third-order valence-corrected chi connectivity index (χ3v) is 6.65. The molecule has 172 valence electrons. The zero-order chi connectivity index (χ0) is 22.9. The molecule has 1 amide bonds. The van der Waals surface area contributed by atoms with Crippen LogP contribution in [-0.4, -0.2) is 66.0 Å². The molecule has 8 heteroatoms. The maximum absolute atomic E-state index is 13.2. The topological polar surface area (TPSA) is 79.3 Å². The number of likely N-dealkylation sites (tertiary alicyclic amines) is 2. The van der Waals surface area contributed by atoms with Gasteiger partial charge in [-0.3, -0.25) is 9.59 Å². The number of rotatable bonds is 5. The lowest BCUT2D eigenvalue weighted by atomic mass is 9.95. The Morgan fingerprint density at radius 1 is 0.970 bits per heavy atom. The van der Waals surface area contributed by atoms with E-state index in [2.05, 4.69) is 4.90 Å². The summed E-state index contributed by atoms with van der Waals surface area (Å²) in [7, 11) is 0. The first-order valence-corrected chi connectivity index (χ1v) is 11.6. The van der Waals surface area contributed by atoms with Crippen LogP contribution in [0.3, 0.4) is 0 Å². The summed E-state index contributed by atoms with van der Waals surface area (Å²) >= 11 is 6.08. The summed E-state index contributed by atoms with van der Waals surface area (Å²) in [6.07, 6.45) is 2.28. The highest BCUT2D eigenvalue weighted by molar-refractivity contribution is 6.46. The first-order chi connectivity index (χ1) is 16.0. The van der Waals surface area contributed by atoms with Crippen molar-refractivity contribution >= 4 is 29.1 Å². The van der Waals surface area contributed by atoms with Gasteiger partial charge in [0.05, 0.1) is 11.6 Å². The van der Waals surface area contributed by atoms with E-state index >= 15 is 0 Å². The Morgan fingerprint density at radius 2 is 1.67 bits per heavy atom. The SMILES string of the molecule is O=C1C(=O)N(CCN2CCCC2)C(c2ccc(Cl)cc2)/C1=C(\O)c1ccc2c(c1)OCCO2. The molecule has 3 aliphatic rings. The van der Waals surface area contributed by atoms with Crippen LogP contribution in [0.1, 0.15) is 30.0 Å². The maximum atomic E-state index is 13.2. The quantitative estimate of drug-likeness (QED) is 0.410. The molecule has 0 saturated carbocycles. The Balaban J connectivity index is 1.55. The van der Waals surface area contributed by atoms with Crippen molar-refractivity contribution in [2.75, 3.05) is 39.4 Å². The summed E-state index contributed by atoms with van der Waals surface area (Å²) in [6, 6.07) is 11.3. The van der Waals surface area contributed by atoms with E-state index in [0.717, 1.165) is 31.5 Å². The molecule has 0 spiro atoms. The molecule has 1 atom stereocenters. The molecule has 2 saturated heterocycles. The van der Waals surface area contributed by atoms with Crippen LogP contribution >= 0.6 is 11.6 Å². The lowest BCUT2D eigenvalue weighted by Crippen LogP contribution is -2.37. The van der Waals surface area contributed by atoms with Gasteiger partial charge in [-0.15, -0.1) is 0 Å². The van der Waals surface area contributed by atoms with Crippen molar-refractivity contribution < 1.29 is 24.2 Å². The molecule has 2 aromatic rings. The lowest BCUT2D eigenvalue weighted by Gasteiger charge is -2.27. The van der Waals surface area contributed by atoms with Crippen LogP contribution in [0, 0.1) is 0 Å². The standard InChI is InChI=1S/C25H25ClN2O5/c26-18-6-3-16(4-7-18)22-21(23(29)17-5-8-19-20(15-17)33-14-13-32-19)24(30)25(31)28(22)12-11-27-9-1-2-10-27/h3-8,15,22,29H,1-2,9-14H2/b23-21+. The van der Waals surface area contributed by atoms with Crippen molar-refractivity contribution in [1.29, 1.82) is 0 Å². The number of fused-ring (bicyclic) bond motifs is 1. The van der Waals surface area contributed by atoms with E-state index in [4.69, 9.17) is 21.1 Å². The van der Waals surface area contributed by atoms with E-state index < -0.39 is 17.7 Å². The molecule has 0 bridgehead atoms. The number of ether oxygens (including phenoxy) is 2. The molecule has 2 aromatic carbocycles. The van der Waals surface area contributed by atoms with E-state index in [0.29, 0.717) is 48.4 Å². The van der Waals surface area contributed by atoms with Gasteiger partial charge < -0.3 is 24.4 Å². The highest BCUT2D eigenvalue weighted by atomic mass is 35.5. The van der Waals surface area contributed by atoms with Crippen LogP contribution in [0.25, 0.3) is 5.76 Å². The third kappa shape index (κ3) is 4.18. The van der Waals surface area contributed by atoms with Gasteiger partial charge in [-0.1, -0.05) is 23.7 Å². The van der Waals surface area contributed by atoms with Crippen LogP contribution in [-0.2, 0) is 9.59 Å². The Hall–Kier alpha value is -3.03. The second kappa shape index (κ2) is 9.08. The first-order valence-electron chi connectivity index (χ1n) is 11.2. The van der Waals surface area contributed by atoms with Crippen molar-refractivity contribution in [3.8, 4) is 11.5 Å². The summed E-state index contributed by atoms with van der Waals surface area (Å²) < 4.78 is 11.2. The number of halogens is 1. The average Bonchev–Trinajstić information content (AvgIpc) is 3.44. The van der Waals surface area contributed by atoms with Gasteiger partial charge in [0.25, 0.3) is 11.7 Å². The van der Waals surface area contributed by atoms with Crippen LogP contribution in [0.2, 0.25) is 5.02 Å². The second-order valence-electron chi connectivity index (χ2n) is 8.45. The van der Waals surface area contributed by atoms with Gasteiger partial charge in [0, 0.05) is 23.7 Å². The number of carbonyl (C=O) groups is 2. The van der Waals surface area contributed by atoms with Crippen molar-refractivity contribution in [3.63, 3.8) is 0 Å². The summed E-state index contributed by atoms with van der Waals surface area (Å²) in [5.74, 6) is -0.444. The van der Waals surface area contributed by atoms with Crippen LogP contribution in [0.5, 0.6) is 11.5 Å². The van der Waals surface area contributed by atoms with Gasteiger partial charge >= 0.3 is 0 Å². The van der Waals surface area contributed by atoms with Gasteiger partial charge in [0.1, 0.15) is 19.0 Å². The van der Waals surface area contributed by atoms with Gasteiger partial charge in [0.2, 0.25) is 0 Å². The molecule has 33 heavy (non-hydrogen) atoms. The molecule has 5 rings (SSSR count). The number of nitrogens with zero attached hydrogens (tertiary/aromatic N) is 2. The Kier molecular flexibility index (Phi) is 6.00. The average molecular weight is 469 g/mol. The molecular formula is C25H25ClN2O5. The fourth-order valence-electron chi connectivity index (χ4n) is 4.70.